The molecule has 2 rings (SSSR count). The molecule has 1 aromatic rings. The first-order valence-corrected chi connectivity index (χ1v) is 6.89. The van der Waals surface area contributed by atoms with Gasteiger partial charge in [0.2, 0.25) is 5.91 Å². The molecule has 3 nitrogen and oxygen atoms in total. The van der Waals surface area contributed by atoms with E-state index >= 15 is 0 Å². The van der Waals surface area contributed by atoms with Crippen LogP contribution in [0.25, 0.3) is 6.08 Å². The van der Waals surface area contributed by atoms with E-state index in [4.69, 9.17) is 5.73 Å². The zero-order valence-corrected chi connectivity index (χ0v) is 11.7. The van der Waals surface area contributed by atoms with Gasteiger partial charge in [-0.1, -0.05) is 19.1 Å². The number of benzene rings is 1. The Morgan fingerprint density at radius 3 is 2.68 bits per heavy atom. The number of nitrogens with zero attached hydrogens (tertiary/aromatic N) is 1. The van der Waals surface area contributed by atoms with E-state index in [9.17, 15) is 4.79 Å². The summed E-state index contributed by atoms with van der Waals surface area (Å²) >= 11 is 0. The largest absolute Gasteiger partial charge is 0.398 e. The second-order valence-electron chi connectivity index (χ2n) is 5.46. The minimum Gasteiger partial charge on any atom is -0.398 e. The predicted octanol–water partition coefficient (Wildman–Crippen LogP) is 2.85. The number of aryl methyl sites for hydroxylation is 1. The highest BCUT2D eigenvalue weighted by Crippen LogP contribution is 2.17. The number of nitrogens with two attached hydrogens (primary N) is 1. The van der Waals surface area contributed by atoms with E-state index in [-0.39, 0.29) is 5.91 Å². The first-order valence-electron chi connectivity index (χ1n) is 6.89. The standard InChI is InChI=1S/C16H22N2O/c1-12-7-9-18(10-8-12)16(19)6-5-14-4-3-13(2)15(17)11-14/h3-6,11-12H,7-10,17H2,1-2H3/b6-5+. The Kier molecular flexibility index (Phi) is 4.25. The van der Waals surface area contributed by atoms with Crippen molar-refractivity contribution in [1.29, 1.82) is 0 Å². The number of hydrogen-bond acceptors (Lipinski definition) is 2. The molecule has 1 fully saturated rings. The molecule has 0 aromatic heterocycles. The van der Waals surface area contributed by atoms with Crippen molar-refractivity contribution in [2.75, 3.05) is 18.8 Å². The van der Waals surface area contributed by atoms with Gasteiger partial charge in [0, 0.05) is 24.9 Å². The smallest absolute Gasteiger partial charge is 0.246 e. The SMILES string of the molecule is Cc1ccc(/C=C/C(=O)N2CCC(C)CC2)cc1N. The fourth-order valence-electron chi connectivity index (χ4n) is 2.26. The van der Waals surface area contributed by atoms with Crippen LogP contribution in [0.5, 0.6) is 0 Å². The number of amides is 1. The zero-order chi connectivity index (χ0) is 13.8. The second-order valence-corrected chi connectivity index (χ2v) is 5.46. The molecule has 1 aromatic carbocycles. The van der Waals surface area contributed by atoms with Crippen molar-refractivity contribution in [2.24, 2.45) is 5.92 Å². The summed E-state index contributed by atoms with van der Waals surface area (Å²) in [6, 6.07) is 5.85. The van der Waals surface area contributed by atoms with Crippen LogP contribution in [-0.2, 0) is 4.79 Å². The minimum absolute atomic E-state index is 0.103. The molecule has 0 spiro atoms. The zero-order valence-electron chi connectivity index (χ0n) is 11.7. The Balaban J connectivity index is 1.98. The Labute approximate surface area is 115 Å². The van der Waals surface area contributed by atoms with Gasteiger partial charge in [-0.25, -0.2) is 0 Å². The third-order valence-electron chi connectivity index (χ3n) is 3.82. The van der Waals surface area contributed by atoms with E-state index in [1.54, 1.807) is 6.08 Å². The molecule has 1 aliphatic heterocycles. The van der Waals surface area contributed by atoms with Crippen LogP contribution in [0.4, 0.5) is 5.69 Å². The van der Waals surface area contributed by atoms with Crippen molar-refractivity contribution >= 4 is 17.7 Å². The molecule has 1 saturated heterocycles. The number of piperidine rings is 1. The molecule has 0 atom stereocenters. The average Bonchev–Trinajstić information content (AvgIpc) is 2.40. The highest BCUT2D eigenvalue weighted by Gasteiger charge is 2.18. The normalized spacial score (nSPS) is 17.1. The Hall–Kier alpha value is -1.77. The number of hydrogen-bond donors (Lipinski definition) is 1. The van der Waals surface area contributed by atoms with E-state index in [1.807, 2.05) is 36.1 Å². The number of nitrogen functional groups attached to an aromatic ring is 1. The molecular formula is C16H22N2O. The van der Waals surface area contributed by atoms with Crippen molar-refractivity contribution in [1.82, 2.24) is 4.90 Å². The van der Waals surface area contributed by atoms with Crippen LogP contribution in [0, 0.1) is 12.8 Å². The number of carbonyl (C=O) groups excluding carboxylic acids is 1. The highest BCUT2D eigenvalue weighted by atomic mass is 16.2. The topological polar surface area (TPSA) is 46.3 Å². The van der Waals surface area contributed by atoms with Crippen molar-refractivity contribution in [3.05, 3.63) is 35.4 Å². The number of likely N-dealkylation sites (tertiary alicyclic amines) is 1. The van der Waals surface area contributed by atoms with Gasteiger partial charge in [0.05, 0.1) is 0 Å². The fourth-order valence-corrected chi connectivity index (χ4v) is 2.26. The van der Waals surface area contributed by atoms with E-state index < -0.39 is 0 Å². The lowest BCUT2D eigenvalue weighted by Gasteiger charge is -2.29. The van der Waals surface area contributed by atoms with Gasteiger partial charge in [-0.15, -0.1) is 0 Å². The van der Waals surface area contributed by atoms with E-state index in [0.717, 1.165) is 48.7 Å². The van der Waals surface area contributed by atoms with E-state index in [0.29, 0.717) is 0 Å². The van der Waals surface area contributed by atoms with E-state index in [2.05, 4.69) is 6.92 Å². The molecule has 1 aliphatic rings. The summed E-state index contributed by atoms with van der Waals surface area (Å²) in [5, 5.41) is 0. The first-order chi connectivity index (χ1) is 9.06. The maximum absolute atomic E-state index is 12.0. The highest BCUT2D eigenvalue weighted by molar-refractivity contribution is 5.92. The van der Waals surface area contributed by atoms with Gasteiger partial charge in [0.1, 0.15) is 0 Å². The summed E-state index contributed by atoms with van der Waals surface area (Å²) in [6.45, 7) is 5.97. The summed E-state index contributed by atoms with van der Waals surface area (Å²) in [5.74, 6) is 0.843. The summed E-state index contributed by atoms with van der Waals surface area (Å²) in [5.41, 5.74) is 8.66. The van der Waals surface area contributed by atoms with Crippen molar-refractivity contribution < 1.29 is 4.79 Å². The van der Waals surface area contributed by atoms with Gasteiger partial charge in [-0.05, 0) is 49.0 Å². The third kappa shape index (κ3) is 3.60. The fraction of sp³-hybridized carbons (Fsp3) is 0.438. The van der Waals surface area contributed by atoms with Crippen LogP contribution >= 0.6 is 0 Å². The third-order valence-corrected chi connectivity index (χ3v) is 3.82. The van der Waals surface area contributed by atoms with Gasteiger partial charge in [0.25, 0.3) is 0 Å². The number of rotatable bonds is 2. The molecule has 1 amide bonds. The van der Waals surface area contributed by atoms with Gasteiger partial charge in [-0.3, -0.25) is 4.79 Å². The summed E-state index contributed by atoms with van der Waals surface area (Å²) in [4.78, 5) is 14.0. The molecule has 0 bridgehead atoms. The van der Waals surface area contributed by atoms with Crippen molar-refractivity contribution in [3.8, 4) is 0 Å². The van der Waals surface area contributed by atoms with Gasteiger partial charge in [-0.2, -0.15) is 0 Å². The minimum atomic E-state index is 0.103. The van der Waals surface area contributed by atoms with Crippen LogP contribution in [0.15, 0.2) is 24.3 Å². The summed E-state index contributed by atoms with van der Waals surface area (Å²) < 4.78 is 0. The Bertz CT molecular complexity index is 486. The van der Waals surface area contributed by atoms with Crippen molar-refractivity contribution in [3.63, 3.8) is 0 Å². The average molecular weight is 258 g/mol. The molecule has 1 heterocycles. The maximum atomic E-state index is 12.0. The maximum Gasteiger partial charge on any atom is 0.246 e. The van der Waals surface area contributed by atoms with Crippen molar-refractivity contribution in [2.45, 2.75) is 26.7 Å². The van der Waals surface area contributed by atoms with E-state index in [1.165, 1.54) is 0 Å². The molecule has 0 unspecified atom stereocenters. The van der Waals surface area contributed by atoms with Gasteiger partial charge >= 0.3 is 0 Å². The van der Waals surface area contributed by atoms with Crippen LogP contribution in [0.2, 0.25) is 0 Å². The Morgan fingerprint density at radius 1 is 1.37 bits per heavy atom. The summed E-state index contributed by atoms with van der Waals surface area (Å²) in [6.07, 6.45) is 5.71. The molecule has 0 radical (unpaired) electrons. The summed E-state index contributed by atoms with van der Waals surface area (Å²) in [7, 11) is 0. The molecule has 0 aliphatic carbocycles. The first kappa shape index (κ1) is 13.7. The molecule has 102 valence electrons. The van der Waals surface area contributed by atoms with Crippen LogP contribution < -0.4 is 5.73 Å². The van der Waals surface area contributed by atoms with Gasteiger partial charge < -0.3 is 10.6 Å². The van der Waals surface area contributed by atoms with Crippen LogP contribution in [0.1, 0.15) is 30.9 Å². The molecule has 19 heavy (non-hydrogen) atoms. The molecule has 0 saturated carbocycles. The second kappa shape index (κ2) is 5.91. The number of anilines is 1. The molecule has 3 heteroatoms. The van der Waals surface area contributed by atoms with Crippen LogP contribution in [0.3, 0.4) is 0 Å². The predicted molar refractivity (Wildman–Crippen MR) is 79.6 cm³/mol. The quantitative estimate of drug-likeness (QED) is 0.655. The lowest BCUT2D eigenvalue weighted by atomic mass is 9.99. The monoisotopic (exact) mass is 258 g/mol. The van der Waals surface area contributed by atoms with Crippen LogP contribution in [-0.4, -0.2) is 23.9 Å². The lowest BCUT2D eigenvalue weighted by Crippen LogP contribution is -2.36. The molecule has 2 N–H and O–H groups in total. The number of carbonyl (C=O) groups is 1. The molecular weight excluding hydrogens is 236 g/mol. The van der Waals surface area contributed by atoms with Gasteiger partial charge in [0.15, 0.2) is 0 Å². The Morgan fingerprint density at radius 2 is 2.05 bits per heavy atom. The lowest BCUT2D eigenvalue weighted by molar-refractivity contribution is -0.127.